The average Bonchev–Trinajstić information content (AvgIpc) is 3.04. The molecule has 1 saturated carbocycles. The van der Waals surface area contributed by atoms with E-state index >= 15 is 0 Å². The predicted octanol–water partition coefficient (Wildman–Crippen LogP) is 1.52. The fourth-order valence-electron chi connectivity index (χ4n) is 3.58. The van der Waals surface area contributed by atoms with Crippen molar-refractivity contribution in [3.05, 3.63) is 18.0 Å². The molecule has 2 fully saturated rings. The van der Waals surface area contributed by atoms with Crippen LogP contribution in [0.5, 0.6) is 0 Å². The highest BCUT2D eigenvalue weighted by atomic mass is 16.2. The lowest BCUT2D eigenvalue weighted by atomic mass is 9.85. The number of rotatable bonds is 3. The first-order valence-electron chi connectivity index (χ1n) is 7.68. The Kier molecular flexibility index (Phi) is 3.78. The zero-order valence-electron chi connectivity index (χ0n) is 12.3. The SMILES string of the molecule is CC(NC(=O)C1CC2CCCCC2N1)c1cnn(C)c1. The lowest BCUT2D eigenvalue weighted by molar-refractivity contribution is -0.123. The Morgan fingerprint density at radius 2 is 2.30 bits per heavy atom. The van der Waals surface area contributed by atoms with E-state index in [1.54, 1.807) is 4.68 Å². The summed E-state index contributed by atoms with van der Waals surface area (Å²) in [7, 11) is 1.89. The van der Waals surface area contributed by atoms with Crippen LogP contribution in [0.15, 0.2) is 12.4 Å². The molecule has 1 aliphatic heterocycles. The van der Waals surface area contributed by atoms with Gasteiger partial charge in [-0.1, -0.05) is 12.8 Å². The summed E-state index contributed by atoms with van der Waals surface area (Å²) >= 11 is 0. The number of amides is 1. The minimum absolute atomic E-state index is 0.0118. The average molecular weight is 276 g/mol. The third-order valence-electron chi connectivity index (χ3n) is 4.76. The highest BCUT2D eigenvalue weighted by Crippen LogP contribution is 2.33. The van der Waals surface area contributed by atoms with Crippen molar-refractivity contribution in [3.63, 3.8) is 0 Å². The minimum Gasteiger partial charge on any atom is -0.348 e. The van der Waals surface area contributed by atoms with Gasteiger partial charge >= 0.3 is 0 Å². The van der Waals surface area contributed by atoms with E-state index in [1.807, 2.05) is 26.4 Å². The number of carbonyl (C=O) groups excluding carboxylic acids is 1. The number of aromatic nitrogens is 2. The van der Waals surface area contributed by atoms with Crippen molar-refractivity contribution < 1.29 is 4.79 Å². The number of aryl methyl sites for hydroxylation is 1. The zero-order chi connectivity index (χ0) is 14.1. The van der Waals surface area contributed by atoms with E-state index in [9.17, 15) is 4.79 Å². The van der Waals surface area contributed by atoms with Gasteiger partial charge in [-0.05, 0) is 32.1 Å². The quantitative estimate of drug-likeness (QED) is 0.880. The summed E-state index contributed by atoms with van der Waals surface area (Å²) in [5, 5.41) is 10.8. The summed E-state index contributed by atoms with van der Waals surface area (Å²) in [6.45, 7) is 2.01. The Hall–Kier alpha value is -1.36. The first-order chi connectivity index (χ1) is 9.63. The highest BCUT2D eigenvalue weighted by molar-refractivity contribution is 5.82. The van der Waals surface area contributed by atoms with Crippen molar-refractivity contribution in [2.24, 2.45) is 13.0 Å². The van der Waals surface area contributed by atoms with E-state index in [0.717, 1.165) is 12.0 Å². The summed E-state index contributed by atoms with van der Waals surface area (Å²) in [5.74, 6) is 0.837. The number of carbonyl (C=O) groups is 1. The largest absolute Gasteiger partial charge is 0.348 e. The van der Waals surface area contributed by atoms with Gasteiger partial charge in [-0.15, -0.1) is 0 Å². The first kappa shape index (κ1) is 13.6. The molecule has 20 heavy (non-hydrogen) atoms. The van der Waals surface area contributed by atoms with Gasteiger partial charge in [-0.2, -0.15) is 5.10 Å². The molecule has 1 aliphatic carbocycles. The standard InChI is InChI=1S/C15H24N4O/c1-10(12-8-16-19(2)9-12)17-15(20)14-7-11-5-3-4-6-13(11)18-14/h8-11,13-14,18H,3-7H2,1-2H3,(H,17,20). The fourth-order valence-corrected chi connectivity index (χ4v) is 3.58. The van der Waals surface area contributed by atoms with Gasteiger partial charge in [0, 0.05) is 24.8 Å². The van der Waals surface area contributed by atoms with Crippen molar-refractivity contribution in [1.82, 2.24) is 20.4 Å². The van der Waals surface area contributed by atoms with Gasteiger partial charge in [0.05, 0.1) is 18.3 Å². The fraction of sp³-hybridized carbons (Fsp3) is 0.733. The monoisotopic (exact) mass is 276 g/mol. The maximum Gasteiger partial charge on any atom is 0.237 e. The number of hydrogen-bond acceptors (Lipinski definition) is 3. The summed E-state index contributed by atoms with van der Waals surface area (Å²) in [6, 6.07) is 0.566. The molecule has 0 bridgehead atoms. The lowest BCUT2D eigenvalue weighted by Crippen LogP contribution is -2.43. The predicted molar refractivity (Wildman–Crippen MR) is 77.1 cm³/mol. The topological polar surface area (TPSA) is 59.0 Å². The van der Waals surface area contributed by atoms with Crippen LogP contribution in [-0.4, -0.2) is 27.8 Å². The summed E-state index contributed by atoms with van der Waals surface area (Å²) < 4.78 is 1.76. The lowest BCUT2D eigenvalue weighted by Gasteiger charge is -2.24. The Balaban J connectivity index is 1.57. The van der Waals surface area contributed by atoms with E-state index in [2.05, 4.69) is 15.7 Å². The molecular formula is C15H24N4O. The van der Waals surface area contributed by atoms with Crippen LogP contribution >= 0.6 is 0 Å². The Bertz CT molecular complexity index is 470. The van der Waals surface area contributed by atoms with E-state index in [1.165, 1.54) is 25.7 Å². The number of hydrogen-bond donors (Lipinski definition) is 2. The van der Waals surface area contributed by atoms with Crippen molar-refractivity contribution in [2.75, 3.05) is 0 Å². The molecule has 0 spiro atoms. The molecule has 5 nitrogen and oxygen atoms in total. The molecule has 2 aliphatic rings. The number of fused-ring (bicyclic) bond motifs is 1. The van der Waals surface area contributed by atoms with Crippen LogP contribution in [-0.2, 0) is 11.8 Å². The first-order valence-corrected chi connectivity index (χ1v) is 7.68. The molecule has 2 heterocycles. The van der Waals surface area contributed by atoms with Crippen molar-refractivity contribution in [1.29, 1.82) is 0 Å². The van der Waals surface area contributed by atoms with Gasteiger partial charge in [-0.25, -0.2) is 0 Å². The van der Waals surface area contributed by atoms with Crippen molar-refractivity contribution >= 4 is 5.91 Å². The van der Waals surface area contributed by atoms with Crippen LogP contribution < -0.4 is 10.6 Å². The minimum atomic E-state index is -0.0118. The molecule has 4 atom stereocenters. The van der Waals surface area contributed by atoms with E-state index in [-0.39, 0.29) is 18.0 Å². The van der Waals surface area contributed by atoms with Crippen molar-refractivity contribution in [2.45, 2.75) is 57.2 Å². The van der Waals surface area contributed by atoms with Crippen LogP contribution in [0.1, 0.15) is 50.6 Å². The molecule has 1 aromatic heterocycles. The number of nitrogens with zero attached hydrogens (tertiary/aromatic N) is 2. The molecule has 1 aromatic rings. The Labute approximate surface area is 120 Å². The Morgan fingerprint density at radius 3 is 3.00 bits per heavy atom. The molecule has 110 valence electrons. The second-order valence-corrected chi connectivity index (χ2v) is 6.28. The van der Waals surface area contributed by atoms with Gasteiger partial charge in [-0.3, -0.25) is 9.48 Å². The second-order valence-electron chi connectivity index (χ2n) is 6.28. The van der Waals surface area contributed by atoms with E-state index in [0.29, 0.717) is 12.0 Å². The van der Waals surface area contributed by atoms with Crippen LogP contribution in [0.4, 0.5) is 0 Å². The third-order valence-corrected chi connectivity index (χ3v) is 4.76. The summed E-state index contributed by atoms with van der Waals surface area (Å²) in [6.07, 6.45) is 9.89. The van der Waals surface area contributed by atoms with Crippen LogP contribution in [0, 0.1) is 5.92 Å². The van der Waals surface area contributed by atoms with Crippen LogP contribution in [0.3, 0.4) is 0 Å². The molecule has 3 rings (SSSR count). The van der Waals surface area contributed by atoms with Gasteiger partial charge in [0.25, 0.3) is 0 Å². The van der Waals surface area contributed by atoms with Gasteiger partial charge < -0.3 is 10.6 Å². The van der Waals surface area contributed by atoms with E-state index in [4.69, 9.17) is 0 Å². The van der Waals surface area contributed by atoms with Crippen LogP contribution in [0.2, 0.25) is 0 Å². The Morgan fingerprint density at radius 1 is 1.50 bits per heavy atom. The summed E-state index contributed by atoms with van der Waals surface area (Å²) in [4.78, 5) is 12.4. The van der Waals surface area contributed by atoms with Gasteiger partial charge in [0.15, 0.2) is 0 Å². The molecule has 1 saturated heterocycles. The van der Waals surface area contributed by atoms with Crippen molar-refractivity contribution in [3.8, 4) is 0 Å². The van der Waals surface area contributed by atoms with E-state index < -0.39 is 0 Å². The van der Waals surface area contributed by atoms with Gasteiger partial charge in [0.2, 0.25) is 5.91 Å². The molecule has 4 unspecified atom stereocenters. The maximum absolute atomic E-state index is 12.4. The third kappa shape index (κ3) is 2.73. The molecule has 5 heteroatoms. The molecular weight excluding hydrogens is 252 g/mol. The number of nitrogens with one attached hydrogen (secondary N) is 2. The van der Waals surface area contributed by atoms with Crippen LogP contribution in [0.25, 0.3) is 0 Å². The second kappa shape index (κ2) is 5.56. The normalized spacial score (nSPS) is 30.8. The zero-order valence-corrected chi connectivity index (χ0v) is 12.3. The molecule has 0 radical (unpaired) electrons. The molecule has 2 N–H and O–H groups in total. The maximum atomic E-state index is 12.4. The van der Waals surface area contributed by atoms with Gasteiger partial charge in [0.1, 0.15) is 0 Å². The smallest absolute Gasteiger partial charge is 0.237 e. The highest BCUT2D eigenvalue weighted by Gasteiger charge is 2.38. The molecule has 0 aromatic carbocycles. The summed E-state index contributed by atoms with van der Waals surface area (Å²) in [5.41, 5.74) is 1.05. The molecule has 1 amide bonds.